The van der Waals surface area contributed by atoms with Crippen LogP contribution >= 0.6 is 12.2 Å². The van der Waals surface area contributed by atoms with Gasteiger partial charge in [0.2, 0.25) is 0 Å². The number of hydrogen-bond donors (Lipinski definition) is 1. The van der Waals surface area contributed by atoms with Crippen molar-refractivity contribution in [1.82, 2.24) is 4.98 Å². The van der Waals surface area contributed by atoms with Crippen LogP contribution in [0.5, 0.6) is 0 Å². The van der Waals surface area contributed by atoms with Gasteiger partial charge in [0.05, 0.1) is 5.56 Å². The zero-order valence-corrected chi connectivity index (χ0v) is 10.5. The van der Waals surface area contributed by atoms with Crippen molar-refractivity contribution in [2.45, 2.75) is 20.3 Å². The first kappa shape index (κ1) is 11.3. The van der Waals surface area contributed by atoms with Gasteiger partial charge in [-0.15, -0.1) is 0 Å². The molecule has 2 rings (SSSR count). The van der Waals surface area contributed by atoms with E-state index in [9.17, 15) is 0 Å². The van der Waals surface area contributed by atoms with E-state index < -0.39 is 0 Å². The van der Waals surface area contributed by atoms with Gasteiger partial charge in [0.15, 0.2) is 0 Å². The van der Waals surface area contributed by atoms with Crippen LogP contribution in [0.15, 0.2) is 12.1 Å². The van der Waals surface area contributed by atoms with Crippen molar-refractivity contribution >= 4 is 23.0 Å². The minimum Gasteiger partial charge on any atom is -0.389 e. The fourth-order valence-electron chi connectivity index (χ4n) is 2.10. The van der Waals surface area contributed by atoms with Crippen LogP contribution in [-0.4, -0.2) is 23.1 Å². The maximum atomic E-state index is 5.73. The van der Waals surface area contributed by atoms with Gasteiger partial charge in [-0.1, -0.05) is 19.1 Å². The van der Waals surface area contributed by atoms with E-state index in [0.29, 0.717) is 4.99 Å². The number of pyridine rings is 1. The maximum absolute atomic E-state index is 5.73. The van der Waals surface area contributed by atoms with Crippen LogP contribution < -0.4 is 10.6 Å². The molecule has 1 fully saturated rings. The van der Waals surface area contributed by atoms with E-state index in [1.807, 2.05) is 19.1 Å². The summed E-state index contributed by atoms with van der Waals surface area (Å²) < 4.78 is 0. The Bertz CT molecular complexity index is 417. The molecule has 0 saturated carbocycles. The summed E-state index contributed by atoms with van der Waals surface area (Å²) in [7, 11) is 0. The van der Waals surface area contributed by atoms with Crippen molar-refractivity contribution < 1.29 is 0 Å². The third-order valence-corrected chi connectivity index (χ3v) is 3.22. The molecule has 1 aromatic heterocycles. The molecule has 4 heteroatoms. The Labute approximate surface area is 102 Å². The Morgan fingerprint density at radius 3 is 2.88 bits per heavy atom. The molecule has 1 aliphatic heterocycles. The summed E-state index contributed by atoms with van der Waals surface area (Å²) >= 11 is 5.07. The SMILES string of the molecule is Cc1ccc(C(N)=S)c(N2CCC(C)C2)n1. The van der Waals surface area contributed by atoms with Crippen molar-refractivity contribution in [3.8, 4) is 0 Å². The van der Waals surface area contributed by atoms with Crippen molar-refractivity contribution in [2.75, 3.05) is 18.0 Å². The number of nitrogens with two attached hydrogens (primary N) is 1. The molecule has 86 valence electrons. The van der Waals surface area contributed by atoms with Crippen LogP contribution in [0.3, 0.4) is 0 Å². The zero-order chi connectivity index (χ0) is 11.7. The highest BCUT2D eigenvalue weighted by molar-refractivity contribution is 7.80. The largest absolute Gasteiger partial charge is 0.389 e. The number of hydrogen-bond acceptors (Lipinski definition) is 3. The predicted octanol–water partition coefficient (Wildman–Crippen LogP) is 1.87. The highest BCUT2D eigenvalue weighted by atomic mass is 32.1. The van der Waals surface area contributed by atoms with Crippen molar-refractivity contribution in [3.63, 3.8) is 0 Å². The lowest BCUT2D eigenvalue weighted by molar-refractivity contribution is 0.659. The second-order valence-corrected chi connectivity index (χ2v) is 4.97. The minimum atomic E-state index is 0.432. The standard InChI is InChI=1S/C12H17N3S/c1-8-5-6-15(7-8)12-10(11(13)16)4-3-9(2)14-12/h3-4,8H,5-7H2,1-2H3,(H2,13,16). The number of rotatable bonds is 2. The van der Waals surface area contributed by atoms with Crippen LogP contribution in [0.25, 0.3) is 0 Å². The van der Waals surface area contributed by atoms with E-state index >= 15 is 0 Å². The van der Waals surface area contributed by atoms with Gasteiger partial charge in [-0.3, -0.25) is 0 Å². The monoisotopic (exact) mass is 235 g/mol. The van der Waals surface area contributed by atoms with Crippen molar-refractivity contribution in [1.29, 1.82) is 0 Å². The molecule has 3 nitrogen and oxygen atoms in total. The highest BCUT2D eigenvalue weighted by Crippen LogP contribution is 2.25. The van der Waals surface area contributed by atoms with Gasteiger partial charge >= 0.3 is 0 Å². The zero-order valence-electron chi connectivity index (χ0n) is 9.73. The molecule has 0 aliphatic carbocycles. The number of aryl methyl sites for hydroxylation is 1. The van der Waals surface area contributed by atoms with Crippen LogP contribution in [0.2, 0.25) is 0 Å². The van der Waals surface area contributed by atoms with E-state index in [1.54, 1.807) is 0 Å². The molecule has 0 aromatic carbocycles. The van der Waals surface area contributed by atoms with Crippen molar-refractivity contribution in [2.24, 2.45) is 11.7 Å². The molecule has 1 aliphatic rings. The van der Waals surface area contributed by atoms with E-state index in [2.05, 4.69) is 16.8 Å². The maximum Gasteiger partial charge on any atom is 0.139 e. The average molecular weight is 235 g/mol. The van der Waals surface area contributed by atoms with Crippen LogP contribution in [0.4, 0.5) is 5.82 Å². The number of anilines is 1. The molecule has 2 heterocycles. The summed E-state index contributed by atoms with van der Waals surface area (Å²) in [4.78, 5) is 7.29. The van der Waals surface area contributed by atoms with Crippen LogP contribution in [0, 0.1) is 12.8 Å². The predicted molar refractivity (Wildman–Crippen MR) is 70.9 cm³/mol. The van der Waals surface area contributed by atoms with Gasteiger partial charge in [-0.05, 0) is 31.4 Å². The third-order valence-electron chi connectivity index (χ3n) is 3.00. The van der Waals surface area contributed by atoms with Gasteiger partial charge in [0, 0.05) is 18.8 Å². The number of thiocarbonyl (C=S) groups is 1. The van der Waals surface area contributed by atoms with Gasteiger partial charge in [-0.2, -0.15) is 0 Å². The van der Waals surface area contributed by atoms with Crippen LogP contribution in [-0.2, 0) is 0 Å². The normalized spacial score (nSPS) is 20.1. The molecule has 0 amide bonds. The van der Waals surface area contributed by atoms with Crippen LogP contribution in [0.1, 0.15) is 24.6 Å². The van der Waals surface area contributed by atoms with E-state index in [-0.39, 0.29) is 0 Å². The van der Waals surface area contributed by atoms with Crippen molar-refractivity contribution in [3.05, 3.63) is 23.4 Å². The lowest BCUT2D eigenvalue weighted by Gasteiger charge is -2.20. The van der Waals surface area contributed by atoms with E-state index in [1.165, 1.54) is 6.42 Å². The summed E-state index contributed by atoms with van der Waals surface area (Å²) in [5, 5.41) is 0. The Morgan fingerprint density at radius 2 is 2.31 bits per heavy atom. The quantitative estimate of drug-likeness (QED) is 0.795. The van der Waals surface area contributed by atoms with E-state index in [4.69, 9.17) is 18.0 Å². The molecule has 0 radical (unpaired) electrons. The number of nitrogens with zero attached hydrogens (tertiary/aromatic N) is 2. The second-order valence-electron chi connectivity index (χ2n) is 4.53. The van der Waals surface area contributed by atoms with Gasteiger partial charge < -0.3 is 10.6 Å². The van der Waals surface area contributed by atoms with Gasteiger partial charge in [0.25, 0.3) is 0 Å². The first-order valence-corrected chi connectivity index (χ1v) is 6.01. The summed E-state index contributed by atoms with van der Waals surface area (Å²) in [5.74, 6) is 1.68. The minimum absolute atomic E-state index is 0.432. The fraction of sp³-hybridized carbons (Fsp3) is 0.500. The summed E-state index contributed by atoms with van der Waals surface area (Å²) in [6.45, 7) is 6.35. The Balaban J connectivity index is 2.37. The molecule has 16 heavy (non-hydrogen) atoms. The molecule has 0 bridgehead atoms. The Hall–Kier alpha value is -1.16. The lowest BCUT2D eigenvalue weighted by Crippen LogP contribution is -2.25. The summed E-state index contributed by atoms with van der Waals surface area (Å²) in [6, 6.07) is 3.93. The first-order valence-electron chi connectivity index (χ1n) is 5.60. The molecule has 0 spiro atoms. The average Bonchev–Trinajstić information content (AvgIpc) is 2.64. The molecular formula is C12H17N3S. The third kappa shape index (κ3) is 2.16. The first-order chi connectivity index (χ1) is 7.58. The topological polar surface area (TPSA) is 42.1 Å². The molecule has 2 N–H and O–H groups in total. The summed E-state index contributed by atoms with van der Waals surface area (Å²) in [6.07, 6.45) is 1.21. The highest BCUT2D eigenvalue weighted by Gasteiger charge is 2.22. The van der Waals surface area contributed by atoms with Gasteiger partial charge in [0.1, 0.15) is 10.8 Å². The molecular weight excluding hydrogens is 218 g/mol. The lowest BCUT2D eigenvalue weighted by atomic mass is 10.2. The summed E-state index contributed by atoms with van der Waals surface area (Å²) in [5.41, 5.74) is 7.64. The fourth-order valence-corrected chi connectivity index (χ4v) is 2.26. The Morgan fingerprint density at radius 1 is 1.56 bits per heavy atom. The second kappa shape index (κ2) is 4.37. The smallest absolute Gasteiger partial charge is 0.139 e. The van der Waals surface area contributed by atoms with Gasteiger partial charge in [-0.25, -0.2) is 4.98 Å². The molecule has 1 saturated heterocycles. The molecule has 1 aromatic rings. The Kier molecular flexibility index (Phi) is 3.10. The number of aromatic nitrogens is 1. The van der Waals surface area contributed by atoms with E-state index in [0.717, 1.165) is 36.1 Å². The molecule has 1 unspecified atom stereocenters. The molecule has 1 atom stereocenters.